The van der Waals surface area contributed by atoms with Crippen molar-refractivity contribution in [2.75, 3.05) is 5.32 Å². The highest BCUT2D eigenvalue weighted by atomic mass is 79.9. The van der Waals surface area contributed by atoms with Gasteiger partial charge in [0.15, 0.2) is 0 Å². The Hall–Kier alpha value is -1.37. The first-order valence-electron chi connectivity index (χ1n) is 5.76. The van der Waals surface area contributed by atoms with E-state index in [9.17, 15) is 4.79 Å². The van der Waals surface area contributed by atoms with Gasteiger partial charge in [-0.15, -0.1) is 24.0 Å². The van der Waals surface area contributed by atoms with Gasteiger partial charge in [0, 0.05) is 15.1 Å². The molecule has 3 aromatic rings. The number of amides is 1. The molecule has 0 aliphatic carbocycles. The van der Waals surface area contributed by atoms with Crippen molar-refractivity contribution in [3.05, 3.63) is 51.9 Å². The summed E-state index contributed by atoms with van der Waals surface area (Å²) in [4.78, 5) is 17.2. The van der Waals surface area contributed by atoms with E-state index < -0.39 is 0 Å². The molecule has 0 radical (unpaired) electrons. The summed E-state index contributed by atoms with van der Waals surface area (Å²) in [6.45, 7) is 0. The van der Waals surface area contributed by atoms with Crippen LogP contribution in [0.2, 0.25) is 0 Å². The largest absolute Gasteiger partial charge is 0.322 e. The van der Waals surface area contributed by atoms with E-state index in [1.165, 1.54) is 0 Å². The minimum Gasteiger partial charge on any atom is -0.322 e. The number of rotatable bonds is 2. The molecule has 6 heteroatoms. The van der Waals surface area contributed by atoms with Crippen molar-refractivity contribution in [1.29, 1.82) is 0 Å². The Balaban J connectivity index is 1.89. The Morgan fingerprint density at radius 3 is 2.95 bits per heavy atom. The van der Waals surface area contributed by atoms with Gasteiger partial charge in [-0.25, -0.2) is 4.98 Å². The minimum absolute atomic E-state index is 0.170. The van der Waals surface area contributed by atoms with Crippen LogP contribution in [0.3, 0.4) is 0 Å². The average molecular weight is 365 g/mol. The van der Waals surface area contributed by atoms with Crippen molar-refractivity contribution in [2.24, 2.45) is 0 Å². The number of aromatic nitrogens is 1. The molecule has 0 aliphatic heterocycles. The molecule has 0 unspecified atom stereocenters. The van der Waals surface area contributed by atoms with Crippen LogP contribution in [0.15, 0.2) is 51.3 Å². The van der Waals surface area contributed by atoms with Gasteiger partial charge in [-0.1, -0.05) is 0 Å². The number of carbonyl (C=O) groups is 1. The number of fused-ring (bicyclic) bond motifs is 1. The number of hydrogen-bond donors (Lipinski definition) is 2. The molecule has 20 heavy (non-hydrogen) atoms. The molecular weight excluding hydrogens is 356 g/mol. The van der Waals surface area contributed by atoms with Crippen LogP contribution >= 0.6 is 39.9 Å². The lowest BCUT2D eigenvalue weighted by atomic mass is 10.2. The van der Waals surface area contributed by atoms with E-state index in [1.807, 2.05) is 30.3 Å². The summed E-state index contributed by atoms with van der Waals surface area (Å²) in [6, 6.07) is 11.0. The summed E-state index contributed by atoms with van der Waals surface area (Å²) < 4.78 is 1.79. The Bertz CT molecular complexity index is 801. The smallest absolute Gasteiger partial charge is 0.256 e. The predicted molar refractivity (Wildman–Crippen MR) is 89.0 cm³/mol. The zero-order chi connectivity index (χ0) is 14.1. The first kappa shape index (κ1) is 13.6. The maximum Gasteiger partial charge on any atom is 0.256 e. The number of thiazole rings is 1. The Morgan fingerprint density at radius 2 is 2.10 bits per heavy atom. The van der Waals surface area contributed by atoms with Crippen molar-refractivity contribution < 1.29 is 4.79 Å². The standard InChI is InChI=1S/C14H9BrN2OS2/c15-11-3-2-9(19)6-10(11)14(18)17-8-1-4-12-13(5-8)20-7-16-12/h1-7,19H,(H,17,18). The summed E-state index contributed by atoms with van der Waals surface area (Å²) in [7, 11) is 0. The zero-order valence-electron chi connectivity index (χ0n) is 10.1. The third kappa shape index (κ3) is 2.72. The molecule has 100 valence electrons. The van der Waals surface area contributed by atoms with Crippen molar-refractivity contribution >= 4 is 61.7 Å². The molecule has 0 saturated heterocycles. The van der Waals surface area contributed by atoms with Crippen molar-refractivity contribution in [3.8, 4) is 0 Å². The van der Waals surface area contributed by atoms with Gasteiger partial charge in [-0.3, -0.25) is 4.79 Å². The molecule has 0 fully saturated rings. The summed E-state index contributed by atoms with van der Waals surface area (Å²) in [5.41, 5.74) is 4.04. The molecule has 3 rings (SSSR count). The fourth-order valence-electron chi connectivity index (χ4n) is 1.82. The lowest BCUT2D eigenvalue weighted by molar-refractivity contribution is 0.102. The number of hydrogen-bond acceptors (Lipinski definition) is 4. The van der Waals surface area contributed by atoms with E-state index in [0.717, 1.165) is 25.3 Å². The van der Waals surface area contributed by atoms with E-state index in [1.54, 1.807) is 22.9 Å². The highest BCUT2D eigenvalue weighted by molar-refractivity contribution is 9.10. The normalized spacial score (nSPS) is 10.7. The molecule has 0 saturated carbocycles. The number of anilines is 1. The molecule has 1 aromatic heterocycles. The van der Waals surface area contributed by atoms with Gasteiger partial charge in [0.05, 0.1) is 21.3 Å². The Kier molecular flexibility index (Phi) is 3.78. The van der Waals surface area contributed by atoms with Gasteiger partial charge in [0.1, 0.15) is 0 Å². The third-order valence-electron chi connectivity index (χ3n) is 2.78. The number of benzene rings is 2. The highest BCUT2D eigenvalue weighted by Crippen LogP contribution is 2.24. The second-order valence-corrected chi connectivity index (χ2v) is 6.41. The van der Waals surface area contributed by atoms with E-state index in [0.29, 0.717) is 5.56 Å². The summed E-state index contributed by atoms with van der Waals surface area (Å²) in [6.07, 6.45) is 0. The Labute approximate surface area is 133 Å². The topological polar surface area (TPSA) is 42.0 Å². The number of halogens is 1. The number of carbonyl (C=O) groups excluding carboxylic acids is 1. The highest BCUT2D eigenvalue weighted by Gasteiger charge is 2.11. The molecule has 2 aromatic carbocycles. The molecule has 1 amide bonds. The van der Waals surface area contributed by atoms with Gasteiger partial charge in [-0.05, 0) is 52.3 Å². The second kappa shape index (κ2) is 5.55. The third-order valence-corrected chi connectivity index (χ3v) is 4.55. The second-order valence-electron chi connectivity index (χ2n) is 4.15. The fraction of sp³-hybridized carbons (Fsp3) is 0. The van der Waals surface area contributed by atoms with E-state index in [4.69, 9.17) is 0 Å². The molecule has 1 N–H and O–H groups in total. The monoisotopic (exact) mass is 364 g/mol. The van der Waals surface area contributed by atoms with E-state index in [2.05, 4.69) is 38.9 Å². The first-order valence-corrected chi connectivity index (χ1v) is 7.88. The number of thiol groups is 1. The molecule has 3 nitrogen and oxygen atoms in total. The zero-order valence-corrected chi connectivity index (χ0v) is 13.4. The van der Waals surface area contributed by atoms with Crippen LogP contribution in [0.4, 0.5) is 5.69 Å². The molecule has 0 spiro atoms. The number of nitrogens with one attached hydrogen (secondary N) is 1. The van der Waals surface area contributed by atoms with Gasteiger partial charge in [0.25, 0.3) is 5.91 Å². The number of nitrogens with zero attached hydrogens (tertiary/aromatic N) is 1. The van der Waals surface area contributed by atoms with Crippen molar-refractivity contribution in [3.63, 3.8) is 0 Å². The lowest BCUT2D eigenvalue weighted by Crippen LogP contribution is -2.12. The first-order chi connectivity index (χ1) is 9.63. The van der Waals surface area contributed by atoms with Crippen LogP contribution < -0.4 is 5.32 Å². The summed E-state index contributed by atoms with van der Waals surface area (Å²) in [5, 5.41) is 2.88. The van der Waals surface area contributed by atoms with Crippen LogP contribution in [0.5, 0.6) is 0 Å². The Morgan fingerprint density at radius 1 is 1.25 bits per heavy atom. The average Bonchev–Trinajstić information content (AvgIpc) is 2.89. The predicted octanol–water partition coefficient (Wildman–Crippen LogP) is 4.60. The van der Waals surface area contributed by atoms with Crippen LogP contribution in [0.25, 0.3) is 10.2 Å². The minimum atomic E-state index is -0.170. The summed E-state index contributed by atoms with van der Waals surface area (Å²) >= 11 is 9.18. The van der Waals surface area contributed by atoms with E-state index in [-0.39, 0.29) is 5.91 Å². The quantitative estimate of drug-likeness (QED) is 0.652. The molecule has 0 bridgehead atoms. The van der Waals surface area contributed by atoms with Crippen LogP contribution in [-0.2, 0) is 0 Å². The lowest BCUT2D eigenvalue weighted by Gasteiger charge is -2.07. The molecule has 0 aliphatic rings. The van der Waals surface area contributed by atoms with Crippen LogP contribution in [0.1, 0.15) is 10.4 Å². The molecular formula is C14H9BrN2OS2. The molecule has 0 atom stereocenters. The maximum atomic E-state index is 12.3. The van der Waals surface area contributed by atoms with Gasteiger partial charge < -0.3 is 5.32 Å². The maximum absolute atomic E-state index is 12.3. The van der Waals surface area contributed by atoms with Gasteiger partial charge >= 0.3 is 0 Å². The van der Waals surface area contributed by atoms with Crippen LogP contribution in [0, 0.1) is 0 Å². The SMILES string of the molecule is O=C(Nc1ccc2ncsc2c1)c1cc(S)ccc1Br. The van der Waals surface area contributed by atoms with Gasteiger partial charge in [0.2, 0.25) is 0 Å². The fourth-order valence-corrected chi connectivity index (χ4v) is 3.17. The molecule has 1 heterocycles. The van der Waals surface area contributed by atoms with Crippen molar-refractivity contribution in [1.82, 2.24) is 4.98 Å². The van der Waals surface area contributed by atoms with Crippen molar-refractivity contribution in [2.45, 2.75) is 4.90 Å². The summed E-state index contributed by atoms with van der Waals surface area (Å²) in [5.74, 6) is -0.170. The van der Waals surface area contributed by atoms with Crippen LogP contribution in [-0.4, -0.2) is 10.9 Å². The van der Waals surface area contributed by atoms with E-state index >= 15 is 0 Å². The van der Waals surface area contributed by atoms with Gasteiger partial charge in [-0.2, -0.15) is 0 Å².